The zero-order valence-electron chi connectivity index (χ0n) is 18.6. The molecule has 3 N–H and O–H groups in total. The Morgan fingerprint density at radius 3 is 2.79 bits per heavy atom. The van der Waals surface area contributed by atoms with Crippen LogP contribution in [0.15, 0.2) is 67.3 Å². The average Bonchev–Trinajstić information content (AvgIpc) is 3.31. The quantitative estimate of drug-likeness (QED) is 0.354. The molecule has 1 amide bonds. The number of anilines is 3. The van der Waals surface area contributed by atoms with Crippen molar-refractivity contribution in [2.75, 3.05) is 30.4 Å². The molecule has 0 bridgehead atoms. The summed E-state index contributed by atoms with van der Waals surface area (Å²) in [5.74, 6) is 0.573. The summed E-state index contributed by atoms with van der Waals surface area (Å²) in [6.45, 7) is 11.0. The predicted octanol–water partition coefficient (Wildman–Crippen LogP) is 4.15. The minimum absolute atomic E-state index is 0.306. The fraction of sp³-hybridized carbons (Fsp3) is 0.304. The standard InChI is InChI=1S/C23H28ClN7O2/c1-4-16(11-17(5-2)28-21(32)6-3)12-25-22-20(24)14-26-23(30-22)29-18-13-27-31(15-18)19-7-9-33-10-8-19/h4-6,11,13-15,19H,2-3,7-10,12H2,1H3,(H,28,32)(H2,25,26,29,30)/b16-4+,17-11+. The summed E-state index contributed by atoms with van der Waals surface area (Å²) in [5, 5.41) is 13.9. The van der Waals surface area contributed by atoms with Gasteiger partial charge in [0.05, 0.1) is 24.1 Å². The highest BCUT2D eigenvalue weighted by atomic mass is 35.5. The summed E-state index contributed by atoms with van der Waals surface area (Å²) in [5.41, 5.74) is 2.25. The molecule has 2 aromatic heterocycles. The van der Waals surface area contributed by atoms with E-state index in [1.54, 1.807) is 18.3 Å². The van der Waals surface area contributed by atoms with Gasteiger partial charge in [0.25, 0.3) is 0 Å². The topological polar surface area (TPSA) is 106 Å². The van der Waals surface area contributed by atoms with E-state index < -0.39 is 0 Å². The molecule has 0 radical (unpaired) electrons. The summed E-state index contributed by atoms with van der Waals surface area (Å²) >= 11 is 6.29. The van der Waals surface area contributed by atoms with Gasteiger partial charge < -0.3 is 20.7 Å². The predicted molar refractivity (Wildman–Crippen MR) is 131 cm³/mol. The molecule has 3 heterocycles. The number of rotatable bonds is 10. The molecule has 174 valence electrons. The largest absolute Gasteiger partial charge is 0.381 e. The van der Waals surface area contributed by atoms with Gasteiger partial charge in [-0.25, -0.2) is 4.98 Å². The molecule has 0 atom stereocenters. The summed E-state index contributed by atoms with van der Waals surface area (Å²) in [4.78, 5) is 20.3. The highest BCUT2D eigenvalue weighted by Crippen LogP contribution is 2.24. The average molecular weight is 470 g/mol. The van der Waals surface area contributed by atoms with Crippen LogP contribution in [0.5, 0.6) is 0 Å². The molecule has 0 aromatic carbocycles. The van der Waals surface area contributed by atoms with Crippen LogP contribution in [0.3, 0.4) is 0 Å². The highest BCUT2D eigenvalue weighted by Gasteiger charge is 2.17. The number of carbonyl (C=O) groups is 1. The van der Waals surface area contributed by atoms with E-state index in [1.807, 2.05) is 23.9 Å². The van der Waals surface area contributed by atoms with Gasteiger partial charge in [0, 0.05) is 31.7 Å². The third-order valence-electron chi connectivity index (χ3n) is 5.01. The molecule has 10 heteroatoms. The van der Waals surface area contributed by atoms with E-state index in [1.165, 1.54) is 12.3 Å². The van der Waals surface area contributed by atoms with Gasteiger partial charge in [-0.15, -0.1) is 0 Å². The van der Waals surface area contributed by atoms with Crippen LogP contribution in [0.25, 0.3) is 0 Å². The van der Waals surface area contributed by atoms with Crippen LogP contribution in [0, 0.1) is 0 Å². The minimum Gasteiger partial charge on any atom is -0.381 e. The van der Waals surface area contributed by atoms with Crippen molar-refractivity contribution in [1.82, 2.24) is 25.1 Å². The molecule has 33 heavy (non-hydrogen) atoms. The van der Waals surface area contributed by atoms with Crippen molar-refractivity contribution in [3.05, 3.63) is 72.3 Å². The molecule has 0 saturated carbocycles. The number of aromatic nitrogens is 4. The summed E-state index contributed by atoms with van der Waals surface area (Å²) in [7, 11) is 0. The molecule has 3 rings (SSSR count). The third-order valence-corrected chi connectivity index (χ3v) is 5.29. The first-order chi connectivity index (χ1) is 16.0. The van der Waals surface area contributed by atoms with Gasteiger partial charge in [-0.3, -0.25) is 9.48 Å². The molecular weight excluding hydrogens is 442 g/mol. The first-order valence-corrected chi connectivity index (χ1v) is 11.0. The second-order valence-corrected chi connectivity index (χ2v) is 7.69. The Morgan fingerprint density at radius 1 is 1.30 bits per heavy atom. The van der Waals surface area contributed by atoms with Gasteiger partial charge in [0.2, 0.25) is 11.9 Å². The Labute approximate surface area is 198 Å². The van der Waals surface area contributed by atoms with Crippen LogP contribution in [-0.2, 0) is 9.53 Å². The molecule has 9 nitrogen and oxygen atoms in total. The maximum absolute atomic E-state index is 11.5. The van der Waals surface area contributed by atoms with Crippen molar-refractivity contribution in [2.45, 2.75) is 25.8 Å². The Kier molecular flexibility index (Phi) is 8.79. The number of amides is 1. The van der Waals surface area contributed by atoms with E-state index in [-0.39, 0.29) is 5.91 Å². The first-order valence-electron chi connectivity index (χ1n) is 10.6. The Balaban J connectivity index is 1.65. The van der Waals surface area contributed by atoms with Crippen molar-refractivity contribution < 1.29 is 9.53 Å². The molecule has 1 saturated heterocycles. The first kappa shape index (κ1) is 24.2. The number of nitrogens with zero attached hydrogens (tertiary/aromatic N) is 4. The van der Waals surface area contributed by atoms with Gasteiger partial charge in [-0.1, -0.05) is 30.8 Å². The van der Waals surface area contributed by atoms with Crippen molar-refractivity contribution in [3.63, 3.8) is 0 Å². The highest BCUT2D eigenvalue weighted by molar-refractivity contribution is 6.32. The zero-order valence-corrected chi connectivity index (χ0v) is 19.3. The molecule has 1 aliphatic heterocycles. The number of carbonyl (C=O) groups excluding carboxylic acids is 1. The van der Waals surface area contributed by atoms with E-state index >= 15 is 0 Å². The van der Waals surface area contributed by atoms with Gasteiger partial charge in [-0.05, 0) is 43.6 Å². The third kappa shape index (κ3) is 7.03. The lowest BCUT2D eigenvalue weighted by molar-refractivity contribution is -0.115. The number of hydrogen-bond donors (Lipinski definition) is 3. The number of halogens is 1. The van der Waals surface area contributed by atoms with Crippen LogP contribution < -0.4 is 16.0 Å². The van der Waals surface area contributed by atoms with E-state index in [9.17, 15) is 4.79 Å². The Morgan fingerprint density at radius 2 is 2.09 bits per heavy atom. The molecule has 0 unspecified atom stereocenters. The minimum atomic E-state index is -0.306. The SMILES string of the molecule is C=CC(=O)N/C(C=C)=C/C(=C\C)CNc1nc(Nc2cnn(C3CCOCC3)c2)ncc1Cl. The number of ether oxygens (including phenoxy) is 1. The van der Waals surface area contributed by atoms with Crippen molar-refractivity contribution >= 4 is 35.0 Å². The van der Waals surface area contributed by atoms with Crippen LogP contribution >= 0.6 is 11.6 Å². The van der Waals surface area contributed by atoms with Crippen LogP contribution in [0.2, 0.25) is 5.02 Å². The number of hydrogen-bond acceptors (Lipinski definition) is 7. The summed E-state index contributed by atoms with van der Waals surface area (Å²) in [6, 6.07) is 0.335. The van der Waals surface area contributed by atoms with E-state index in [0.29, 0.717) is 35.1 Å². The van der Waals surface area contributed by atoms with Crippen molar-refractivity contribution in [2.24, 2.45) is 0 Å². The normalized spacial score (nSPS) is 15.1. The summed E-state index contributed by atoms with van der Waals surface area (Å²) < 4.78 is 7.37. The smallest absolute Gasteiger partial charge is 0.247 e. The van der Waals surface area contributed by atoms with E-state index in [2.05, 4.69) is 44.2 Å². The van der Waals surface area contributed by atoms with Crippen LogP contribution in [0.4, 0.5) is 17.5 Å². The van der Waals surface area contributed by atoms with Gasteiger partial charge >= 0.3 is 0 Å². The molecular formula is C23H28ClN7O2. The lowest BCUT2D eigenvalue weighted by Crippen LogP contribution is -2.19. The van der Waals surface area contributed by atoms with Gasteiger partial charge in [0.1, 0.15) is 5.02 Å². The number of nitrogens with one attached hydrogen (secondary N) is 3. The maximum Gasteiger partial charge on any atom is 0.247 e. The fourth-order valence-electron chi connectivity index (χ4n) is 3.19. The maximum atomic E-state index is 11.5. The summed E-state index contributed by atoms with van der Waals surface area (Å²) in [6.07, 6.45) is 13.6. The van der Waals surface area contributed by atoms with Crippen molar-refractivity contribution in [1.29, 1.82) is 0 Å². The molecule has 2 aromatic rings. The second-order valence-electron chi connectivity index (χ2n) is 7.28. The second kappa shape index (κ2) is 12.0. The lowest BCUT2D eigenvalue weighted by atomic mass is 10.1. The Hall–Kier alpha value is -3.43. The van der Waals surface area contributed by atoms with Crippen molar-refractivity contribution in [3.8, 4) is 0 Å². The van der Waals surface area contributed by atoms with Crippen LogP contribution in [-0.4, -0.2) is 45.4 Å². The molecule has 1 aliphatic rings. The Bertz CT molecular complexity index is 1050. The number of allylic oxidation sites excluding steroid dienone is 2. The van der Waals surface area contributed by atoms with E-state index in [0.717, 1.165) is 37.3 Å². The lowest BCUT2D eigenvalue weighted by Gasteiger charge is -2.22. The monoisotopic (exact) mass is 469 g/mol. The van der Waals surface area contributed by atoms with Crippen LogP contribution in [0.1, 0.15) is 25.8 Å². The van der Waals surface area contributed by atoms with E-state index in [4.69, 9.17) is 16.3 Å². The fourth-order valence-corrected chi connectivity index (χ4v) is 3.35. The van der Waals surface area contributed by atoms with Gasteiger partial charge in [-0.2, -0.15) is 10.1 Å². The molecule has 0 aliphatic carbocycles. The molecule has 0 spiro atoms. The zero-order chi connectivity index (χ0) is 23.6. The molecule has 1 fully saturated rings. The van der Waals surface area contributed by atoms with Gasteiger partial charge in [0.15, 0.2) is 5.82 Å².